The number of nitrogens with one attached hydrogen (secondary N) is 2. The van der Waals surface area contributed by atoms with Crippen molar-refractivity contribution in [3.63, 3.8) is 0 Å². The molecule has 4 N–H and O–H groups in total. The summed E-state index contributed by atoms with van der Waals surface area (Å²) < 4.78 is 18.4. The normalized spacial score (nSPS) is 10.6. The topological polar surface area (TPSA) is 85.1 Å². The van der Waals surface area contributed by atoms with Crippen molar-refractivity contribution >= 4 is 17.3 Å². The molecule has 0 spiro atoms. The van der Waals surface area contributed by atoms with E-state index in [9.17, 15) is 4.39 Å². The molecular formula is C14H18FN5O. The van der Waals surface area contributed by atoms with Gasteiger partial charge in [-0.25, -0.2) is 20.2 Å². The van der Waals surface area contributed by atoms with Crippen LogP contribution in [0.5, 0.6) is 5.75 Å². The number of aromatic nitrogens is 2. The number of halogens is 1. The molecule has 0 aliphatic rings. The van der Waals surface area contributed by atoms with Crippen LogP contribution in [0.1, 0.15) is 25.3 Å². The van der Waals surface area contributed by atoms with Crippen molar-refractivity contribution in [1.82, 2.24) is 9.97 Å². The highest BCUT2D eigenvalue weighted by Gasteiger charge is 2.15. The summed E-state index contributed by atoms with van der Waals surface area (Å²) in [5, 5.41) is 3.14. The standard InChI is InChI=1S/C14H18FN5O/c1-8(2)12-13(17-7-18-14(12)20-16)19-9-4-5-10(15)11(6-9)21-3/h4-8H,16H2,1-3H3,(H2,17,18,19,20). The minimum Gasteiger partial charge on any atom is -0.494 e. The van der Waals surface area contributed by atoms with E-state index in [1.54, 1.807) is 12.1 Å². The summed E-state index contributed by atoms with van der Waals surface area (Å²) in [4.78, 5) is 8.33. The zero-order valence-electron chi connectivity index (χ0n) is 12.1. The first kappa shape index (κ1) is 15.0. The summed E-state index contributed by atoms with van der Waals surface area (Å²) >= 11 is 0. The molecule has 6 nitrogen and oxygen atoms in total. The number of hydrogen-bond donors (Lipinski definition) is 3. The van der Waals surface area contributed by atoms with Gasteiger partial charge in [0.15, 0.2) is 11.6 Å². The Bertz CT molecular complexity index is 633. The molecule has 112 valence electrons. The predicted octanol–water partition coefficient (Wildman–Crippen LogP) is 2.78. The highest BCUT2D eigenvalue weighted by atomic mass is 19.1. The smallest absolute Gasteiger partial charge is 0.165 e. The van der Waals surface area contributed by atoms with Crippen LogP contribution in [-0.4, -0.2) is 17.1 Å². The van der Waals surface area contributed by atoms with Crippen LogP contribution in [0, 0.1) is 5.82 Å². The molecule has 0 aliphatic carbocycles. The van der Waals surface area contributed by atoms with Gasteiger partial charge in [-0.15, -0.1) is 0 Å². The lowest BCUT2D eigenvalue weighted by Gasteiger charge is -2.16. The highest BCUT2D eigenvalue weighted by Crippen LogP contribution is 2.31. The zero-order valence-corrected chi connectivity index (χ0v) is 12.1. The van der Waals surface area contributed by atoms with Gasteiger partial charge in [0, 0.05) is 17.3 Å². The fourth-order valence-corrected chi connectivity index (χ4v) is 2.03. The molecule has 0 atom stereocenters. The van der Waals surface area contributed by atoms with Gasteiger partial charge >= 0.3 is 0 Å². The number of hydrogen-bond acceptors (Lipinski definition) is 6. The third-order valence-electron chi connectivity index (χ3n) is 3.01. The first-order chi connectivity index (χ1) is 10.1. The number of ether oxygens (including phenoxy) is 1. The fourth-order valence-electron chi connectivity index (χ4n) is 2.03. The van der Waals surface area contributed by atoms with E-state index in [0.717, 1.165) is 5.56 Å². The molecule has 0 radical (unpaired) electrons. The second kappa shape index (κ2) is 6.36. The van der Waals surface area contributed by atoms with Crippen molar-refractivity contribution in [1.29, 1.82) is 0 Å². The number of nitrogens with two attached hydrogens (primary N) is 1. The van der Waals surface area contributed by atoms with Crippen LogP contribution in [0.3, 0.4) is 0 Å². The van der Waals surface area contributed by atoms with Crippen LogP contribution in [0.25, 0.3) is 0 Å². The Balaban J connectivity index is 2.39. The van der Waals surface area contributed by atoms with Crippen LogP contribution in [0.15, 0.2) is 24.5 Å². The van der Waals surface area contributed by atoms with E-state index in [-0.39, 0.29) is 11.7 Å². The van der Waals surface area contributed by atoms with Gasteiger partial charge in [0.2, 0.25) is 0 Å². The predicted molar refractivity (Wildman–Crippen MR) is 80.2 cm³/mol. The third kappa shape index (κ3) is 3.19. The summed E-state index contributed by atoms with van der Waals surface area (Å²) in [6, 6.07) is 4.51. The average molecular weight is 291 g/mol. The highest BCUT2D eigenvalue weighted by molar-refractivity contribution is 5.66. The third-order valence-corrected chi connectivity index (χ3v) is 3.01. The van der Waals surface area contributed by atoms with E-state index < -0.39 is 5.82 Å². The van der Waals surface area contributed by atoms with Gasteiger partial charge in [0.05, 0.1) is 7.11 Å². The van der Waals surface area contributed by atoms with Gasteiger partial charge < -0.3 is 15.5 Å². The minimum atomic E-state index is -0.417. The van der Waals surface area contributed by atoms with Gasteiger partial charge in [-0.3, -0.25) is 0 Å². The van der Waals surface area contributed by atoms with Crippen molar-refractivity contribution in [2.75, 3.05) is 17.9 Å². The summed E-state index contributed by atoms with van der Waals surface area (Å²) in [6.45, 7) is 4.02. The largest absolute Gasteiger partial charge is 0.494 e. The molecule has 0 amide bonds. The Hall–Kier alpha value is -2.41. The van der Waals surface area contributed by atoms with Crippen molar-refractivity contribution in [3.8, 4) is 5.75 Å². The number of hydrazine groups is 1. The fraction of sp³-hybridized carbons (Fsp3) is 0.286. The molecule has 0 fully saturated rings. The number of rotatable bonds is 5. The Kier molecular flexibility index (Phi) is 4.54. The molecule has 21 heavy (non-hydrogen) atoms. The van der Waals surface area contributed by atoms with Gasteiger partial charge in [0.1, 0.15) is 18.0 Å². The molecule has 2 aromatic rings. The summed E-state index contributed by atoms with van der Waals surface area (Å²) in [5.74, 6) is 6.54. The molecule has 0 saturated carbocycles. The van der Waals surface area contributed by atoms with Crippen LogP contribution in [0.4, 0.5) is 21.7 Å². The quantitative estimate of drug-likeness (QED) is 0.580. The van der Waals surface area contributed by atoms with E-state index >= 15 is 0 Å². The molecule has 0 bridgehead atoms. The number of benzene rings is 1. The molecule has 2 rings (SSSR count). The minimum absolute atomic E-state index is 0.155. The lowest BCUT2D eigenvalue weighted by atomic mass is 10.0. The first-order valence-electron chi connectivity index (χ1n) is 6.49. The maximum Gasteiger partial charge on any atom is 0.165 e. The molecule has 1 aromatic carbocycles. The SMILES string of the molecule is COc1cc(Nc2ncnc(NN)c2C(C)C)ccc1F. The lowest BCUT2D eigenvalue weighted by Crippen LogP contribution is -2.14. The number of anilines is 3. The van der Waals surface area contributed by atoms with Gasteiger partial charge in [-0.2, -0.15) is 0 Å². The number of nitrogen functional groups attached to an aromatic ring is 1. The van der Waals surface area contributed by atoms with Gasteiger partial charge in [-0.05, 0) is 18.1 Å². The van der Waals surface area contributed by atoms with Crippen LogP contribution in [0.2, 0.25) is 0 Å². The first-order valence-corrected chi connectivity index (χ1v) is 6.49. The Labute approximate surface area is 122 Å². The maximum absolute atomic E-state index is 13.4. The Morgan fingerprint density at radius 2 is 1.95 bits per heavy atom. The summed E-state index contributed by atoms with van der Waals surface area (Å²) in [6.07, 6.45) is 1.41. The Morgan fingerprint density at radius 1 is 1.24 bits per heavy atom. The molecule has 0 unspecified atom stereocenters. The lowest BCUT2D eigenvalue weighted by molar-refractivity contribution is 0.387. The summed E-state index contributed by atoms with van der Waals surface area (Å²) in [7, 11) is 1.42. The number of methoxy groups -OCH3 is 1. The van der Waals surface area contributed by atoms with Gasteiger partial charge in [0.25, 0.3) is 0 Å². The average Bonchev–Trinajstić information content (AvgIpc) is 2.48. The van der Waals surface area contributed by atoms with Crippen LogP contribution in [-0.2, 0) is 0 Å². The molecule has 1 aromatic heterocycles. The second-order valence-electron chi connectivity index (χ2n) is 4.76. The van der Waals surface area contributed by atoms with Crippen molar-refractivity contribution in [3.05, 3.63) is 35.9 Å². The van der Waals surface area contributed by atoms with E-state index in [1.807, 2.05) is 13.8 Å². The van der Waals surface area contributed by atoms with Crippen molar-refractivity contribution in [2.24, 2.45) is 5.84 Å². The van der Waals surface area contributed by atoms with Crippen molar-refractivity contribution in [2.45, 2.75) is 19.8 Å². The summed E-state index contributed by atoms with van der Waals surface area (Å²) in [5.41, 5.74) is 4.07. The molecule has 0 aliphatic heterocycles. The van der Waals surface area contributed by atoms with E-state index in [4.69, 9.17) is 10.6 Å². The van der Waals surface area contributed by atoms with E-state index in [2.05, 4.69) is 20.7 Å². The molecule has 0 saturated heterocycles. The molecule has 7 heteroatoms. The monoisotopic (exact) mass is 291 g/mol. The molecular weight excluding hydrogens is 273 g/mol. The van der Waals surface area contributed by atoms with Crippen LogP contribution >= 0.6 is 0 Å². The van der Waals surface area contributed by atoms with Gasteiger partial charge in [-0.1, -0.05) is 13.8 Å². The maximum atomic E-state index is 13.4. The van der Waals surface area contributed by atoms with Crippen molar-refractivity contribution < 1.29 is 9.13 Å². The van der Waals surface area contributed by atoms with Crippen LogP contribution < -0.4 is 21.3 Å². The Morgan fingerprint density at radius 3 is 2.57 bits per heavy atom. The van der Waals surface area contributed by atoms with E-state index in [0.29, 0.717) is 17.3 Å². The van der Waals surface area contributed by atoms with E-state index in [1.165, 1.54) is 19.5 Å². The second-order valence-corrected chi connectivity index (χ2v) is 4.76. The molecule has 1 heterocycles. The zero-order chi connectivity index (χ0) is 15.4. The number of nitrogens with zero attached hydrogens (tertiary/aromatic N) is 2.